The van der Waals surface area contributed by atoms with Crippen LogP contribution < -0.4 is 5.32 Å². The molecule has 3 rings (SSSR count). The maximum atomic E-state index is 12.8. The van der Waals surface area contributed by atoms with Gasteiger partial charge in [0.15, 0.2) is 5.76 Å². The average molecular weight is 406 g/mol. The van der Waals surface area contributed by atoms with Gasteiger partial charge in [-0.3, -0.25) is 4.79 Å². The van der Waals surface area contributed by atoms with Gasteiger partial charge in [0.1, 0.15) is 5.00 Å². The Balaban J connectivity index is 2.06. The molecule has 1 aliphatic rings. The van der Waals surface area contributed by atoms with E-state index >= 15 is 0 Å². The first-order valence-corrected chi connectivity index (χ1v) is 10.5. The quantitative estimate of drug-likeness (QED) is 0.679. The van der Waals surface area contributed by atoms with Crippen molar-refractivity contribution in [1.29, 1.82) is 0 Å². The second-order valence-electron chi connectivity index (χ2n) is 7.59. The Hall–Kier alpha value is -2.12. The molecular formula is C21H27NO5S. The van der Waals surface area contributed by atoms with Gasteiger partial charge < -0.3 is 19.2 Å². The molecule has 28 heavy (non-hydrogen) atoms. The smallest absolute Gasteiger partial charge is 0.341 e. The van der Waals surface area contributed by atoms with Crippen LogP contribution in [-0.4, -0.2) is 24.6 Å². The molecule has 0 radical (unpaired) electrons. The summed E-state index contributed by atoms with van der Waals surface area (Å²) >= 11 is 1.39. The molecule has 2 aromatic rings. The predicted molar refractivity (Wildman–Crippen MR) is 108 cm³/mol. The minimum atomic E-state index is -0.415. The number of ether oxygens (including phenoxy) is 2. The van der Waals surface area contributed by atoms with Crippen LogP contribution in [-0.2, 0) is 15.9 Å². The molecule has 2 atom stereocenters. The van der Waals surface area contributed by atoms with Crippen molar-refractivity contribution in [1.82, 2.24) is 0 Å². The van der Waals surface area contributed by atoms with Crippen LogP contribution >= 0.6 is 11.3 Å². The van der Waals surface area contributed by atoms with Crippen molar-refractivity contribution in [2.45, 2.75) is 53.2 Å². The lowest BCUT2D eigenvalue weighted by atomic mass is 9.89. The van der Waals surface area contributed by atoms with Crippen LogP contribution in [0.25, 0.3) is 0 Å². The molecule has 2 aromatic heterocycles. The van der Waals surface area contributed by atoms with E-state index in [-0.39, 0.29) is 30.5 Å². The van der Waals surface area contributed by atoms with Crippen LogP contribution in [0.4, 0.5) is 5.00 Å². The summed E-state index contributed by atoms with van der Waals surface area (Å²) < 4.78 is 16.8. The second kappa shape index (κ2) is 8.49. The number of esters is 1. The van der Waals surface area contributed by atoms with Crippen LogP contribution in [0.5, 0.6) is 0 Å². The standard InChI is InChI=1S/C21H27NO5S/c1-6-25-21(24)16-13-10-15(11(2)3)27-17(12(4)5)18(13)28-20(16)22-19(23)14-8-7-9-26-14/h7-9,11-12,15,17H,6,10H2,1-5H3,(H,22,23)/t15-,17-/m0/s1. The summed E-state index contributed by atoms with van der Waals surface area (Å²) in [6, 6.07) is 3.23. The number of hydrogen-bond acceptors (Lipinski definition) is 6. The molecule has 152 valence electrons. The Bertz CT molecular complexity index is 837. The fraction of sp³-hybridized carbons (Fsp3) is 0.524. The average Bonchev–Trinajstić information content (AvgIpc) is 3.28. The van der Waals surface area contributed by atoms with Crippen molar-refractivity contribution in [2.75, 3.05) is 11.9 Å². The second-order valence-corrected chi connectivity index (χ2v) is 8.64. The van der Waals surface area contributed by atoms with E-state index in [4.69, 9.17) is 13.9 Å². The third-order valence-electron chi connectivity index (χ3n) is 4.82. The van der Waals surface area contributed by atoms with Gasteiger partial charge in [0.05, 0.1) is 30.6 Å². The van der Waals surface area contributed by atoms with E-state index < -0.39 is 11.9 Å². The highest BCUT2D eigenvalue weighted by Gasteiger charge is 2.38. The highest BCUT2D eigenvalue weighted by Crippen LogP contribution is 2.46. The largest absolute Gasteiger partial charge is 0.462 e. The number of rotatable bonds is 6. The fourth-order valence-corrected chi connectivity index (χ4v) is 4.77. The first-order valence-electron chi connectivity index (χ1n) is 9.66. The molecule has 0 aromatic carbocycles. The Kier molecular flexibility index (Phi) is 6.25. The predicted octanol–water partition coefficient (Wildman–Crippen LogP) is 5.06. The van der Waals surface area contributed by atoms with Crippen molar-refractivity contribution in [3.63, 3.8) is 0 Å². The molecule has 3 heterocycles. The van der Waals surface area contributed by atoms with E-state index in [9.17, 15) is 9.59 Å². The minimum Gasteiger partial charge on any atom is -0.462 e. The molecule has 0 bridgehead atoms. The van der Waals surface area contributed by atoms with Gasteiger partial charge in [-0.25, -0.2) is 4.79 Å². The van der Waals surface area contributed by atoms with Gasteiger partial charge in [-0.2, -0.15) is 0 Å². The number of amides is 1. The van der Waals surface area contributed by atoms with Gasteiger partial charge in [0.2, 0.25) is 0 Å². The highest BCUT2D eigenvalue weighted by atomic mass is 32.1. The zero-order chi connectivity index (χ0) is 20.4. The third kappa shape index (κ3) is 4.00. The summed E-state index contributed by atoms with van der Waals surface area (Å²) in [7, 11) is 0. The van der Waals surface area contributed by atoms with E-state index in [1.807, 2.05) is 0 Å². The Labute approximate surface area is 169 Å². The van der Waals surface area contributed by atoms with Gasteiger partial charge in [0, 0.05) is 11.3 Å². The molecule has 7 heteroatoms. The molecule has 0 saturated heterocycles. The molecule has 0 unspecified atom stereocenters. The summed E-state index contributed by atoms with van der Waals surface area (Å²) in [6.45, 7) is 10.5. The summed E-state index contributed by atoms with van der Waals surface area (Å²) in [5.41, 5.74) is 1.38. The third-order valence-corrected chi connectivity index (χ3v) is 6.03. The van der Waals surface area contributed by atoms with Gasteiger partial charge in [0.25, 0.3) is 5.91 Å². The molecule has 0 aliphatic carbocycles. The minimum absolute atomic E-state index is 0.0105. The first-order chi connectivity index (χ1) is 13.3. The van der Waals surface area contributed by atoms with Crippen molar-refractivity contribution < 1.29 is 23.5 Å². The number of hydrogen-bond donors (Lipinski definition) is 1. The Morgan fingerprint density at radius 2 is 2.04 bits per heavy atom. The number of fused-ring (bicyclic) bond motifs is 1. The number of thiophene rings is 1. The van der Waals surface area contributed by atoms with Crippen molar-refractivity contribution in [2.24, 2.45) is 11.8 Å². The number of anilines is 1. The molecule has 1 aliphatic heterocycles. The number of furan rings is 1. The molecule has 6 nitrogen and oxygen atoms in total. The van der Waals surface area contributed by atoms with E-state index in [1.54, 1.807) is 19.1 Å². The van der Waals surface area contributed by atoms with Gasteiger partial charge >= 0.3 is 5.97 Å². The zero-order valence-corrected chi connectivity index (χ0v) is 17.7. The van der Waals surface area contributed by atoms with Crippen LogP contribution in [0.15, 0.2) is 22.8 Å². The number of nitrogens with one attached hydrogen (secondary N) is 1. The van der Waals surface area contributed by atoms with E-state index in [0.29, 0.717) is 22.9 Å². The van der Waals surface area contributed by atoms with E-state index in [2.05, 4.69) is 33.0 Å². The van der Waals surface area contributed by atoms with Crippen molar-refractivity contribution >= 4 is 28.2 Å². The lowest BCUT2D eigenvalue weighted by Crippen LogP contribution is -2.32. The molecule has 0 saturated carbocycles. The Morgan fingerprint density at radius 1 is 1.29 bits per heavy atom. The van der Waals surface area contributed by atoms with Gasteiger partial charge in [-0.15, -0.1) is 11.3 Å². The van der Waals surface area contributed by atoms with Crippen molar-refractivity contribution in [3.8, 4) is 0 Å². The van der Waals surface area contributed by atoms with E-state index in [0.717, 1.165) is 10.4 Å². The van der Waals surface area contributed by atoms with Crippen LogP contribution in [0, 0.1) is 11.8 Å². The van der Waals surface area contributed by atoms with Gasteiger partial charge in [-0.05, 0) is 36.5 Å². The summed E-state index contributed by atoms with van der Waals surface area (Å²) in [4.78, 5) is 26.3. The van der Waals surface area contributed by atoms with E-state index in [1.165, 1.54) is 17.6 Å². The van der Waals surface area contributed by atoms with Crippen molar-refractivity contribution in [3.05, 3.63) is 40.2 Å². The highest BCUT2D eigenvalue weighted by molar-refractivity contribution is 7.17. The molecule has 1 N–H and O–H groups in total. The van der Waals surface area contributed by atoms with Gasteiger partial charge in [-0.1, -0.05) is 27.7 Å². The molecule has 0 fully saturated rings. The summed E-state index contributed by atoms with van der Waals surface area (Å²) in [6.07, 6.45) is 1.95. The zero-order valence-electron chi connectivity index (χ0n) is 16.9. The maximum Gasteiger partial charge on any atom is 0.341 e. The number of carbonyl (C=O) groups is 2. The summed E-state index contributed by atoms with van der Waals surface area (Å²) in [5.74, 6) is -0.0655. The normalized spacial score (nSPS) is 19.0. The number of carbonyl (C=O) groups excluding carboxylic acids is 2. The SMILES string of the molecule is CCOC(=O)c1c(NC(=O)c2ccco2)sc2c1C[C@@H](C(C)C)O[C@H]2C(C)C. The monoisotopic (exact) mass is 405 g/mol. The summed E-state index contributed by atoms with van der Waals surface area (Å²) in [5, 5.41) is 3.33. The van der Waals surface area contributed by atoms with Crippen LogP contribution in [0.1, 0.15) is 72.1 Å². The lowest BCUT2D eigenvalue weighted by molar-refractivity contribution is -0.0671. The lowest BCUT2D eigenvalue weighted by Gasteiger charge is -2.34. The topological polar surface area (TPSA) is 77.8 Å². The Morgan fingerprint density at radius 3 is 2.61 bits per heavy atom. The van der Waals surface area contributed by atoms with Crippen LogP contribution in [0.3, 0.4) is 0 Å². The van der Waals surface area contributed by atoms with Crippen LogP contribution in [0.2, 0.25) is 0 Å². The first kappa shape index (κ1) is 20.6. The maximum absolute atomic E-state index is 12.8. The fourth-order valence-electron chi connectivity index (χ4n) is 3.35. The molecule has 0 spiro atoms. The molecular weight excluding hydrogens is 378 g/mol. The molecule has 1 amide bonds.